The summed E-state index contributed by atoms with van der Waals surface area (Å²) in [6.45, 7) is 0. The summed E-state index contributed by atoms with van der Waals surface area (Å²) in [6, 6.07) is 19.6. The van der Waals surface area contributed by atoms with Crippen LogP contribution in [0.2, 0.25) is 0 Å². The molecule has 4 aromatic rings. The molecule has 0 saturated heterocycles. The van der Waals surface area contributed by atoms with E-state index in [1.807, 2.05) is 30.3 Å². The summed E-state index contributed by atoms with van der Waals surface area (Å²) in [5.74, 6) is 0.399. The molecule has 1 N–H and O–H groups in total. The number of carbonyl (C=O) groups is 2. The third kappa shape index (κ3) is 5.04. The van der Waals surface area contributed by atoms with Crippen molar-refractivity contribution in [3.8, 4) is 33.6 Å². The van der Waals surface area contributed by atoms with Crippen LogP contribution in [0.5, 0.6) is 23.0 Å². The van der Waals surface area contributed by atoms with Crippen LogP contribution in [-0.2, 0) is 9.59 Å². The number of phenols is 1. The number of ether oxygens (including phenoxy) is 3. The fourth-order valence-corrected chi connectivity index (χ4v) is 5.40. The minimum absolute atomic E-state index is 0.0408. The van der Waals surface area contributed by atoms with Gasteiger partial charge in [-0.3, -0.25) is 9.59 Å². The third-order valence-electron chi connectivity index (χ3n) is 6.39. The second-order valence-electron chi connectivity index (χ2n) is 8.71. The van der Waals surface area contributed by atoms with Crippen molar-refractivity contribution >= 4 is 33.5 Å². The maximum absolute atomic E-state index is 13.0. The molecular formula is C28H25NO6S. The fraction of sp³-hybridized carbons (Fsp3) is 0.250. The van der Waals surface area contributed by atoms with E-state index in [1.54, 1.807) is 37.4 Å². The van der Waals surface area contributed by atoms with Gasteiger partial charge < -0.3 is 19.3 Å². The van der Waals surface area contributed by atoms with Gasteiger partial charge in [0, 0.05) is 5.56 Å². The molecule has 0 radical (unpaired) electrons. The molecule has 1 heterocycles. The number of benzene rings is 3. The van der Waals surface area contributed by atoms with Crippen molar-refractivity contribution in [2.45, 2.75) is 25.7 Å². The molecule has 1 aliphatic carbocycles. The Morgan fingerprint density at radius 3 is 2.08 bits per heavy atom. The third-order valence-corrected chi connectivity index (χ3v) is 7.51. The quantitative estimate of drug-likeness (QED) is 0.255. The van der Waals surface area contributed by atoms with Gasteiger partial charge in [0.2, 0.25) is 0 Å². The van der Waals surface area contributed by atoms with Gasteiger partial charge in [0.1, 0.15) is 32.5 Å². The zero-order valence-electron chi connectivity index (χ0n) is 19.7. The van der Waals surface area contributed by atoms with Gasteiger partial charge in [-0.15, -0.1) is 11.3 Å². The summed E-state index contributed by atoms with van der Waals surface area (Å²) in [4.78, 5) is 30.1. The number of phenolic OH excluding ortho intramolecular Hbond substituents is 1. The Hall–Kier alpha value is -3.91. The number of aromatic nitrogens is 1. The molecule has 1 aromatic heterocycles. The minimum Gasteiger partial charge on any atom is -0.506 e. The van der Waals surface area contributed by atoms with Gasteiger partial charge in [-0.05, 0) is 62.1 Å². The first-order valence-electron chi connectivity index (χ1n) is 11.8. The van der Waals surface area contributed by atoms with Gasteiger partial charge in [-0.2, -0.15) is 0 Å². The first-order valence-corrected chi connectivity index (χ1v) is 12.6. The molecular weight excluding hydrogens is 478 g/mol. The van der Waals surface area contributed by atoms with E-state index in [9.17, 15) is 14.7 Å². The summed E-state index contributed by atoms with van der Waals surface area (Å²) in [5.41, 5.74) is 1.34. The standard InChI is InChI=1S/C28H25NO6S/c1-33-20-11-13-21(14-12-20)34-27(31)18-7-9-19(10-8-18)28(32)35-23-16-15-22(30)24-25(23)36-26(29-24)17-5-3-2-4-6-17/h2-6,11-16,18-19,30H,7-10H2,1H3. The molecule has 36 heavy (non-hydrogen) atoms. The molecule has 5 rings (SSSR count). The smallest absolute Gasteiger partial charge is 0.314 e. The minimum atomic E-state index is -0.335. The SMILES string of the molecule is COc1ccc(OC(=O)C2CCC(C(=O)Oc3ccc(O)c4nc(-c5ccccc5)sc34)CC2)cc1. The van der Waals surface area contributed by atoms with Gasteiger partial charge in [0.15, 0.2) is 5.75 Å². The second kappa shape index (κ2) is 10.4. The molecule has 1 saturated carbocycles. The van der Waals surface area contributed by atoms with Crippen LogP contribution in [0.3, 0.4) is 0 Å². The predicted octanol–water partition coefficient (Wildman–Crippen LogP) is 5.99. The summed E-state index contributed by atoms with van der Waals surface area (Å²) >= 11 is 1.37. The Morgan fingerprint density at radius 2 is 1.44 bits per heavy atom. The van der Waals surface area contributed by atoms with E-state index < -0.39 is 0 Å². The molecule has 7 nitrogen and oxygen atoms in total. The Morgan fingerprint density at radius 1 is 0.833 bits per heavy atom. The Bertz CT molecular complexity index is 1370. The van der Waals surface area contributed by atoms with Crippen molar-refractivity contribution in [3.63, 3.8) is 0 Å². The summed E-state index contributed by atoms with van der Waals surface area (Å²) < 4.78 is 17.0. The van der Waals surface area contributed by atoms with Crippen molar-refractivity contribution in [2.75, 3.05) is 7.11 Å². The molecule has 0 unspecified atom stereocenters. The van der Waals surface area contributed by atoms with Crippen LogP contribution in [-0.4, -0.2) is 29.1 Å². The zero-order valence-corrected chi connectivity index (χ0v) is 20.5. The molecule has 0 bridgehead atoms. The number of hydrogen-bond donors (Lipinski definition) is 1. The Balaban J connectivity index is 1.22. The number of fused-ring (bicyclic) bond motifs is 1. The average Bonchev–Trinajstić information content (AvgIpc) is 3.38. The lowest BCUT2D eigenvalue weighted by atomic mass is 9.82. The van der Waals surface area contributed by atoms with E-state index in [4.69, 9.17) is 14.2 Å². The van der Waals surface area contributed by atoms with Crippen LogP contribution in [0.1, 0.15) is 25.7 Å². The highest BCUT2D eigenvalue weighted by Gasteiger charge is 2.32. The zero-order chi connectivity index (χ0) is 25.1. The summed E-state index contributed by atoms with van der Waals surface area (Å²) in [6.07, 6.45) is 2.19. The van der Waals surface area contributed by atoms with E-state index >= 15 is 0 Å². The fourth-order valence-electron chi connectivity index (χ4n) is 4.35. The molecule has 0 aliphatic heterocycles. The maximum atomic E-state index is 13.0. The number of nitrogens with zero attached hydrogens (tertiary/aromatic N) is 1. The van der Waals surface area contributed by atoms with Crippen molar-refractivity contribution in [1.82, 2.24) is 4.98 Å². The molecule has 1 aliphatic rings. The Labute approximate surface area is 212 Å². The van der Waals surface area contributed by atoms with Crippen LogP contribution in [0.25, 0.3) is 20.8 Å². The van der Waals surface area contributed by atoms with E-state index in [2.05, 4.69) is 4.98 Å². The van der Waals surface area contributed by atoms with Crippen LogP contribution >= 0.6 is 11.3 Å². The van der Waals surface area contributed by atoms with Gasteiger partial charge in [0.25, 0.3) is 0 Å². The first kappa shape index (κ1) is 23.8. The van der Waals surface area contributed by atoms with Crippen LogP contribution in [0, 0.1) is 11.8 Å². The van der Waals surface area contributed by atoms with E-state index in [1.165, 1.54) is 17.4 Å². The Kier molecular flexibility index (Phi) is 6.86. The molecule has 3 aromatic carbocycles. The first-order chi connectivity index (χ1) is 17.5. The number of rotatable bonds is 6. The number of aromatic hydroxyl groups is 1. The summed E-state index contributed by atoms with van der Waals surface area (Å²) in [7, 11) is 1.58. The highest BCUT2D eigenvalue weighted by molar-refractivity contribution is 7.22. The normalized spacial score (nSPS) is 17.5. The highest BCUT2D eigenvalue weighted by Crippen LogP contribution is 2.41. The van der Waals surface area contributed by atoms with Gasteiger partial charge in [0.05, 0.1) is 18.9 Å². The lowest BCUT2D eigenvalue weighted by molar-refractivity contribution is -0.145. The molecule has 0 atom stereocenters. The lowest BCUT2D eigenvalue weighted by Crippen LogP contribution is -2.30. The van der Waals surface area contributed by atoms with E-state index in [0.29, 0.717) is 53.1 Å². The monoisotopic (exact) mass is 503 g/mol. The van der Waals surface area contributed by atoms with Gasteiger partial charge >= 0.3 is 11.9 Å². The number of carbonyl (C=O) groups excluding carboxylic acids is 2. The molecule has 184 valence electrons. The number of methoxy groups -OCH3 is 1. The number of esters is 2. The molecule has 1 fully saturated rings. The highest BCUT2D eigenvalue weighted by atomic mass is 32.1. The average molecular weight is 504 g/mol. The lowest BCUT2D eigenvalue weighted by Gasteiger charge is -2.25. The van der Waals surface area contributed by atoms with Gasteiger partial charge in [-0.1, -0.05) is 30.3 Å². The molecule has 0 amide bonds. The van der Waals surface area contributed by atoms with Crippen molar-refractivity contribution in [3.05, 3.63) is 66.7 Å². The predicted molar refractivity (Wildman–Crippen MR) is 136 cm³/mol. The second-order valence-corrected chi connectivity index (χ2v) is 9.71. The van der Waals surface area contributed by atoms with Crippen molar-refractivity contribution in [1.29, 1.82) is 0 Å². The molecule has 0 spiro atoms. The van der Waals surface area contributed by atoms with Gasteiger partial charge in [-0.25, -0.2) is 4.98 Å². The van der Waals surface area contributed by atoms with Crippen LogP contribution in [0.15, 0.2) is 66.7 Å². The van der Waals surface area contributed by atoms with Crippen molar-refractivity contribution < 1.29 is 28.9 Å². The number of thiazole rings is 1. The largest absolute Gasteiger partial charge is 0.506 e. The van der Waals surface area contributed by atoms with Crippen LogP contribution in [0.4, 0.5) is 0 Å². The van der Waals surface area contributed by atoms with Crippen LogP contribution < -0.4 is 14.2 Å². The van der Waals surface area contributed by atoms with E-state index in [-0.39, 0.29) is 29.5 Å². The van der Waals surface area contributed by atoms with Crippen molar-refractivity contribution in [2.24, 2.45) is 11.8 Å². The topological polar surface area (TPSA) is 95.0 Å². The molecule has 8 heteroatoms. The maximum Gasteiger partial charge on any atom is 0.314 e. The number of hydrogen-bond acceptors (Lipinski definition) is 8. The van der Waals surface area contributed by atoms with E-state index in [0.717, 1.165) is 10.6 Å². The summed E-state index contributed by atoms with van der Waals surface area (Å²) in [5, 5.41) is 11.0.